The topological polar surface area (TPSA) is 99.5 Å². The van der Waals surface area contributed by atoms with Crippen LogP contribution in [-0.2, 0) is 26.1 Å². The molecule has 0 aliphatic carbocycles. The molecule has 3 aliphatic rings. The van der Waals surface area contributed by atoms with Crippen molar-refractivity contribution in [2.24, 2.45) is 0 Å². The van der Waals surface area contributed by atoms with E-state index in [2.05, 4.69) is 10.4 Å². The normalized spacial score (nSPS) is 21.6. The van der Waals surface area contributed by atoms with Gasteiger partial charge in [0.15, 0.2) is 21.3 Å². The fourth-order valence-electron chi connectivity index (χ4n) is 3.75. The Morgan fingerprint density at radius 2 is 2.14 bits per heavy atom. The number of nitrogens with one attached hydrogen (secondary N) is 1. The van der Waals surface area contributed by atoms with Gasteiger partial charge in [0.05, 0.1) is 23.2 Å². The molecule has 1 atom stereocenters. The third-order valence-corrected chi connectivity index (χ3v) is 7.92. The van der Waals surface area contributed by atoms with Crippen LogP contribution in [-0.4, -0.2) is 42.4 Å². The minimum atomic E-state index is -3.05. The quantitative estimate of drug-likeness (QED) is 0.739. The lowest BCUT2D eigenvalue weighted by atomic mass is 10.2. The van der Waals surface area contributed by atoms with Crippen molar-refractivity contribution in [3.63, 3.8) is 0 Å². The zero-order chi connectivity index (χ0) is 20.0. The predicted molar refractivity (Wildman–Crippen MR) is 110 cm³/mol. The van der Waals surface area contributed by atoms with Crippen LogP contribution in [0.25, 0.3) is 6.08 Å². The van der Waals surface area contributed by atoms with E-state index in [4.69, 9.17) is 9.47 Å². The molecule has 2 aromatic rings. The van der Waals surface area contributed by atoms with Crippen molar-refractivity contribution in [2.45, 2.75) is 24.0 Å². The molecule has 1 unspecified atom stereocenters. The highest BCUT2D eigenvalue weighted by molar-refractivity contribution is 7.98. The monoisotopic (exact) mass is 433 g/mol. The maximum absolute atomic E-state index is 12.6. The molecule has 0 bridgehead atoms. The van der Waals surface area contributed by atoms with Crippen LogP contribution in [0.4, 0.5) is 5.82 Å². The van der Waals surface area contributed by atoms with E-state index < -0.39 is 9.84 Å². The Morgan fingerprint density at radius 3 is 2.97 bits per heavy atom. The number of rotatable bonds is 4. The summed E-state index contributed by atoms with van der Waals surface area (Å²) in [5.74, 6) is 3.44. The minimum absolute atomic E-state index is 0.0661. The van der Waals surface area contributed by atoms with Gasteiger partial charge in [-0.1, -0.05) is 6.07 Å². The number of carbonyl (C=O) groups is 1. The summed E-state index contributed by atoms with van der Waals surface area (Å²) in [5.41, 5.74) is 2.74. The summed E-state index contributed by atoms with van der Waals surface area (Å²) in [6.07, 6.45) is 3.67. The van der Waals surface area contributed by atoms with Gasteiger partial charge in [-0.2, -0.15) is 16.9 Å². The zero-order valence-electron chi connectivity index (χ0n) is 15.5. The van der Waals surface area contributed by atoms with E-state index >= 15 is 0 Å². The van der Waals surface area contributed by atoms with Gasteiger partial charge in [0.1, 0.15) is 5.82 Å². The summed E-state index contributed by atoms with van der Waals surface area (Å²) in [5, 5.41) is 7.54. The Balaban J connectivity index is 1.36. The largest absolute Gasteiger partial charge is 0.454 e. The number of thioether (sulfide) groups is 1. The number of aromatic nitrogens is 2. The fraction of sp³-hybridized carbons (Fsp3) is 0.368. The molecule has 10 heteroatoms. The summed E-state index contributed by atoms with van der Waals surface area (Å²) in [6, 6.07) is 5.23. The highest BCUT2D eigenvalue weighted by Crippen LogP contribution is 2.38. The number of ether oxygens (including phenoxy) is 2. The second kappa shape index (κ2) is 7.10. The molecule has 1 aromatic heterocycles. The van der Waals surface area contributed by atoms with Gasteiger partial charge in [-0.3, -0.25) is 4.79 Å². The number of fused-ring (bicyclic) bond motifs is 2. The maximum atomic E-state index is 12.6. The molecule has 4 heterocycles. The smallest absolute Gasteiger partial charge is 0.249 e. The summed E-state index contributed by atoms with van der Waals surface area (Å²) in [4.78, 5) is 12.6. The molecule has 3 aliphatic heterocycles. The Labute approximate surface area is 172 Å². The number of carbonyl (C=O) groups excluding carboxylic acids is 1. The molecular weight excluding hydrogens is 414 g/mol. The van der Waals surface area contributed by atoms with Gasteiger partial charge in [0, 0.05) is 23.1 Å². The molecule has 152 valence electrons. The molecule has 1 amide bonds. The number of amides is 1. The van der Waals surface area contributed by atoms with Crippen LogP contribution >= 0.6 is 11.8 Å². The van der Waals surface area contributed by atoms with Gasteiger partial charge < -0.3 is 14.8 Å². The van der Waals surface area contributed by atoms with E-state index in [1.54, 1.807) is 28.6 Å². The van der Waals surface area contributed by atoms with E-state index in [-0.39, 0.29) is 30.2 Å². The first-order valence-electron chi connectivity index (χ1n) is 9.26. The average molecular weight is 434 g/mol. The first-order valence-corrected chi connectivity index (χ1v) is 12.2. The number of hydrogen-bond acceptors (Lipinski definition) is 7. The second-order valence-corrected chi connectivity index (χ2v) is 10.4. The average Bonchev–Trinajstić information content (AvgIpc) is 3.44. The van der Waals surface area contributed by atoms with E-state index in [1.165, 1.54) is 6.08 Å². The van der Waals surface area contributed by atoms with Crippen LogP contribution in [0.15, 0.2) is 24.3 Å². The van der Waals surface area contributed by atoms with Gasteiger partial charge in [-0.25, -0.2) is 13.1 Å². The number of hydrogen-bond donors (Lipinski definition) is 1. The second-order valence-electron chi connectivity index (χ2n) is 7.20. The molecular formula is C19H19N3O5S2. The van der Waals surface area contributed by atoms with Crippen molar-refractivity contribution >= 4 is 39.4 Å². The number of nitrogens with zero attached hydrogens (tertiary/aromatic N) is 2. The van der Waals surface area contributed by atoms with Crippen molar-refractivity contribution < 1.29 is 22.7 Å². The lowest BCUT2D eigenvalue weighted by Gasteiger charge is -2.14. The molecule has 0 saturated carbocycles. The van der Waals surface area contributed by atoms with Crippen LogP contribution in [0.3, 0.4) is 0 Å². The summed E-state index contributed by atoms with van der Waals surface area (Å²) >= 11 is 1.73. The highest BCUT2D eigenvalue weighted by Gasteiger charge is 2.34. The summed E-state index contributed by atoms with van der Waals surface area (Å²) < 4.78 is 36.1. The zero-order valence-corrected chi connectivity index (χ0v) is 17.1. The third-order valence-electron chi connectivity index (χ3n) is 5.20. The standard InChI is InChI=1S/C19H19N3O5S2/c23-18(4-2-12-1-3-16-17(7-12)27-11-26-16)20-19-14-8-28-9-15(14)21-22(19)13-5-6-29(24,25)10-13/h1-4,7,13H,5-6,8-11H2,(H,20,23)/b4-2-. The molecule has 1 saturated heterocycles. The molecule has 1 aromatic carbocycles. The SMILES string of the molecule is O=C(/C=C\c1ccc2c(c1)OCO2)Nc1c2c(nn1C1CCS(=O)(=O)C1)CSC2. The molecule has 0 spiro atoms. The maximum Gasteiger partial charge on any atom is 0.249 e. The van der Waals surface area contributed by atoms with E-state index in [0.717, 1.165) is 28.3 Å². The van der Waals surface area contributed by atoms with Gasteiger partial charge >= 0.3 is 0 Å². The van der Waals surface area contributed by atoms with Crippen LogP contribution < -0.4 is 14.8 Å². The van der Waals surface area contributed by atoms with E-state index in [9.17, 15) is 13.2 Å². The molecule has 1 fully saturated rings. The van der Waals surface area contributed by atoms with Crippen molar-refractivity contribution in [2.75, 3.05) is 23.6 Å². The minimum Gasteiger partial charge on any atom is -0.454 e. The highest BCUT2D eigenvalue weighted by atomic mass is 32.2. The Hall–Kier alpha value is -2.46. The van der Waals surface area contributed by atoms with Gasteiger partial charge in [-0.05, 0) is 30.2 Å². The van der Waals surface area contributed by atoms with Gasteiger partial charge in [0.2, 0.25) is 12.7 Å². The lowest BCUT2D eigenvalue weighted by molar-refractivity contribution is -0.111. The third kappa shape index (κ3) is 3.62. The number of sulfone groups is 1. The Morgan fingerprint density at radius 1 is 1.28 bits per heavy atom. The van der Waals surface area contributed by atoms with E-state index in [1.807, 2.05) is 12.1 Å². The summed E-state index contributed by atoms with van der Waals surface area (Å²) in [6.45, 7) is 0.201. The molecule has 29 heavy (non-hydrogen) atoms. The Bertz CT molecular complexity index is 1120. The van der Waals surface area contributed by atoms with E-state index in [0.29, 0.717) is 23.7 Å². The predicted octanol–water partition coefficient (Wildman–Crippen LogP) is 2.37. The van der Waals surface area contributed by atoms with Crippen LogP contribution in [0.5, 0.6) is 11.5 Å². The molecule has 0 radical (unpaired) electrons. The number of anilines is 1. The molecule has 1 N–H and O–H groups in total. The summed E-state index contributed by atoms with van der Waals surface area (Å²) in [7, 11) is -3.05. The van der Waals surface area contributed by atoms with Crippen LogP contribution in [0, 0.1) is 0 Å². The Kier molecular flexibility index (Phi) is 4.54. The van der Waals surface area contributed by atoms with Crippen LogP contribution in [0.1, 0.15) is 29.3 Å². The number of benzene rings is 1. The first-order chi connectivity index (χ1) is 14.0. The van der Waals surface area contributed by atoms with Crippen molar-refractivity contribution in [3.8, 4) is 11.5 Å². The lowest BCUT2D eigenvalue weighted by Crippen LogP contribution is -2.19. The van der Waals surface area contributed by atoms with Crippen LogP contribution in [0.2, 0.25) is 0 Å². The van der Waals surface area contributed by atoms with Crippen molar-refractivity contribution in [1.82, 2.24) is 9.78 Å². The molecule has 8 nitrogen and oxygen atoms in total. The van der Waals surface area contributed by atoms with Crippen molar-refractivity contribution in [1.29, 1.82) is 0 Å². The fourth-order valence-corrected chi connectivity index (χ4v) is 6.47. The van der Waals surface area contributed by atoms with Gasteiger partial charge in [-0.15, -0.1) is 0 Å². The first kappa shape index (κ1) is 18.6. The van der Waals surface area contributed by atoms with Gasteiger partial charge in [0.25, 0.3) is 0 Å². The molecule has 5 rings (SSSR count). The van der Waals surface area contributed by atoms with Crippen molar-refractivity contribution in [3.05, 3.63) is 41.1 Å².